The molecular formula is C17H27NO. The second-order valence-corrected chi connectivity index (χ2v) is 6.23. The monoisotopic (exact) mass is 261 g/mol. The fourth-order valence-corrected chi connectivity index (χ4v) is 3.35. The molecular weight excluding hydrogens is 234 g/mol. The van der Waals surface area contributed by atoms with E-state index >= 15 is 0 Å². The summed E-state index contributed by atoms with van der Waals surface area (Å²) in [6, 6.07) is 8.23. The third-order valence-electron chi connectivity index (χ3n) is 5.06. The van der Waals surface area contributed by atoms with Crippen molar-refractivity contribution in [3.05, 3.63) is 35.4 Å². The Labute approximate surface area is 117 Å². The van der Waals surface area contributed by atoms with Crippen LogP contribution in [-0.4, -0.2) is 11.7 Å². The number of aliphatic hydroxyl groups is 1. The molecule has 1 aliphatic rings. The van der Waals surface area contributed by atoms with Crippen LogP contribution in [0.15, 0.2) is 24.3 Å². The first-order chi connectivity index (χ1) is 9.11. The molecule has 1 unspecified atom stereocenters. The van der Waals surface area contributed by atoms with Gasteiger partial charge in [0.1, 0.15) is 0 Å². The van der Waals surface area contributed by atoms with E-state index in [4.69, 9.17) is 5.73 Å². The molecule has 0 amide bonds. The summed E-state index contributed by atoms with van der Waals surface area (Å²) in [7, 11) is 0. The van der Waals surface area contributed by atoms with Gasteiger partial charge >= 0.3 is 0 Å². The van der Waals surface area contributed by atoms with Crippen LogP contribution in [0.2, 0.25) is 0 Å². The summed E-state index contributed by atoms with van der Waals surface area (Å²) in [5.41, 5.74) is 8.17. The Hall–Kier alpha value is -0.860. The van der Waals surface area contributed by atoms with Crippen molar-refractivity contribution in [2.45, 2.75) is 52.1 Å². The van der Waals surface area contributed by atoms with Crippen LogP contribution >= 0.6 is 0 Å². The first-order valence-corrected chi connectivity index (χ1v) is 7.56. The highest BCUT2D eigenvalue weighted by molar-refractivity contribution is 5.25. The second kappa shape index (κ2) is 6.06. The molecule has 0 saturated heterocycles. The first-order valence-electron chi connectivity index (χ1n) is 7.56. The number of aliphatic hydroxyl groups excluding tert-OH is 1. The Kier molecular flexibility index (Phi) is 4.64. The van der Waals surface area contributed by atoms with Gasteiger partial charge in [0.15, 0.2) is 0 Å². The molecule has 19 heavy (non-hydrogen) atoms. The van der Waals surface area contributed by atoms with Crippen molar-refractivity contribution in [2.75, 3.05) is 6.54 Å². The number of benzene rings is 1. The summed E-state index contributed by atoms with van der Waals surface area (Å²) in [5, 5.41) is 10.8. The van der Waals surface area contributed by atoms with Gasteiger partial charge in [-0.3, -0.25) is 0 Å². The summed E-state index contributed by atoms with van der Waals surface area (Å²) >= 11 is 0. The normalized spacial score (nSPS) is 29.2. The maximum Gasteiger partial charge on any atom is 0.0858 e. The van der Waals surface area contributed by atoms with E-state index in [0.717, 1.165) is 24.3 Å². The average Bonchev–Trinajstić information content (AvgIpc) is 2.47. The van der Waals surface area contributed by atoms with E-state index in [-0.39, 0.29) is 5.41 Å². The molecule has 0 spiro atoms. The van der Waals surface area contributed by atoms with Crippen LogP contribution in [0.1, 0.15) is 56.3 Å². The molecule has 2 nitrogen and oxygen atoms in total. The quantitative estimate of drug-likeness (QED) is 0.870. The maximum absolute atomic E-state index is 10.8. The maximum atomic E-state index is 10.8. The Morgan fingerprint density at radius 1 is 1.26 bits per heavy atom. The van der Waals surface area contributed by atoms with Crippen LogP contribution in [-0.2, 0) is 0 Å². The Balaban J connectivity index is 2.15. The fraction of sp³-hybridized carbons (Fsp3) is 0.647. The van der Waals surface area contributed by atoms with E-state index in [1.165, 1.54) is 24.8 Å². The van der Waals surface area contributed by atoms with Crippen molar-refractivity contribution < 1.29 is 5.11 Å². The van der Waals surface area contributed by atoms with E-state index < -0.39 is 6.10 Å². The van der Waals surface area contributed by atoms with Gasteiger partial charge in [-0.05, 0) is 44.1 Å². The lowest BCUT2D eigenvalue weighted by Crippen LogP contribution is -2.40. The standard InChI is InChI=1S/C17H27NO/c1-3-14-8-10-17(12-18,11-9-14)16(19)15-6-4-13(2)5-7-15/h4-7,14,16,19H,3,8-12,18H2,1-2H3. The molecule has 0 heterocycles. The van der Waals surface area contributed by atoms with Gasteiger partial charge in [0.25, 0.3) is 0 Å². The predicted octanol–water partition coefficient (Wildman–Crippen LogP) is 3.57. The second-order valence-electron chi connectivity index (χ2n) is 6.23. The van der Waals surface area contributed by atoms with Crippen LogP contribution in [0.3, 0.4) is 0 Å². The lowest BCUT2D eigenvalue weighted by atomic mass is 9.65. The summed E-state index contributed by atoms with van der Waals surface area (Å²) in [4.78, 5) is 0. The zero-order valence-corrected chi connectivity index (χ0v) is 12.2. The number of hydrogen-bond acceptors (Lipinski definition) is 2. The van der Waals surface area contributed by atoms with Gasteiger partial charge in [-0.2, -0.15) is 0 Å². The minimum absolute atomic E-state index is 0.110. The van der Waals surface area contributed by atoms with Gasteiger partial charge in [-0.25, -0.2) is 0 Å². The Bertz CT molecular complexity index is 390. The summed E-state index contributed by atoms with van der Waals surface area (Å²) in [6.07, 6.45) is 5.35. The van der Waals surface area contributed by atoms with Gasteiger partial charge in [0, 0.05) is 12.0 Å². The fourth-order valence-electron chi connectivity index (χ4n) is 3.35. The molecule has 0 aliphatic heterocycles. The molecule has 1 aliphatic carbocycles. The SMILES string of the molecule is CCC1CCC(CN)(C(O)c2ccc(C)cc2)CC1. The number of nitrogens with two attached hydrogens (primary N) is 1. The van der Waals surface area contributed by atoms with Gasteiger partial charge in [0.2, 0.25) is 0 Å². The van der Waals surface area contributed by atoms with E-state index in [0.29, 0.717) is 6.54 Å². The molecule has 1 saturated carbocycles. The zero-order chi connectivity index (χ0) is 13.9. The summed E-state index contributed by atoms with van der Waals surface area (Å²) < 4.78 is 0. The van der Waals surface area contributed by atoms with Gasteiger partial charge in [-0.15, -0.1) is 0 Å². The number of rotatable bonds is 4. The Morgan fingerprint density at radius 2 is 1.84 bits per heavy atom. The number of aryl methyl sites for hydroxylation is 1. The zero-order valence-electron chi connectivity index (χ0n) is 12.2. The molecule has 1 fully saturated rings. The largest absolute Gasteiger partial charge is 0.388 e. The molecule has 1 aromatic rings. The van der Waals surface area contributed by atoms with Crippen molar-refractivity contribution in [2.24, 2.45) is 17.1 Å². The van der Waals surface area contributed by atoms with Crippen LogP contribution in [0.4, 0.5) is 0 Å². The highest BCUT2D eigenvalue weighted by atomic mass is 16.3. The van der Waals surface area contributed by atoms with Crippen LogP contribution in [0.25, 0.3) is 0 Å². The third-order valence-corrected chi connectivity index (χ3v) is 5.06. The molecule has 2 heteroatoms. The van der Waals surface area contributed by atoms with Crippen molar-refractivity contribution in [3.63, 3.8) is 0 Å². The average molecular weight is 261 g/mol. The van der Waals surface area contributed by atoms with Gasteiger partial charge < -0.3 is 10.8 Å². The van der Waals surface area contributed by atoms with E-state index in [1.807, 2.05) is 12.1 Å². The summed E-state index contributed by atoms with van der Waals surface area (Å²) in [5.74, 6) is 0.824. The highest BCUT2D eigenvalue weighted by Crippen LogP contribution is 2.47. The highest BCUT2D eigenvalue weighted by Gasteiger charge is 2.40. The van der Waals surface area contributed by atoms with E-state index in [1.54, 1.807) is 0 Å². The molecule has 0 bridgehead atoms. The lowest BCUT2D eigenvalue weighted by Gasteiger charge is -2.43. The van der Waals surface area contributed by atoms with Crippen molar-refractivity contribution in [1.82, 2.24) is 0 Å². The molecule has 0 aromatic heterocycles. The lowest BCUT2D eigenvalue weighted by molar-refractivity contribution is -0.0103. The minimum atomic E-state index is -0.420. The first kappa shape index (κ1) is 14.5. The Morgan fingerprint density at radius 3 is 2.32 bits per heavy atom. The summed E-state index contributed by atoms with van der Waals surface area (Å²) in [6.45, 7) is 4.91. The van der Waals surface area contributed by atoms with Crippen molar-refractivity contribution >= 4 is 0 Å². The molecule has 2 rings (SSSR count). The van der Waals surface area contributed by atoms with Crippen LogP contribution in [0.5, 0.6) is 0 Å². The van der Waals surface area contributed by atoms with E-state index in [2.05, 4.69) is 26.0 Å². The molecule has 3 N–H and O–H groups in total. The predicted molar refractivity (Wildman–Crippen MR) is 79.9 cm³/mol. The van der Waals surface area contributed by atoms with Crippen LogP contribution < -0.4 is 5.73 Å². The molecule has 106 valence electrons. The van der Waals surface area contributed by atoms with Crippen molar-refractivity contribution in [3.8, 4) is 0 Å². The van der Waals surface area contributed by atoms with Crippen LogP contribution in [0, 0.1) is 18.3 Å². The number of hydrogen-bond donors (Lipinski definition) is 2. The molecule has 0 radical (unpaired) electrons. The van der Waals surface area contributed by atoms with E-state index in [9.17, 15) is 5.11 Å². The third kappa shape index (κ3) is 3.01. The van der Waals surface area contributed by atoms with Gasteiger partial charge in [0.05, 0.1) is 6.10 Å². The van der Waals surface area contributed by atoms with Gasteiger partial charge in [-0.1, -0.05) is 43.2 Å². The minimum Gasteiger partial charge on any atom is -0.388 e. The molecule has 1 atom stereocenters. The smallest absolute Gasteiger partial charge is 0.0858 e. The van der Waals surface area contributed by atoms with Crippen molar-refractivity contribution in [1.29, 1.82) is 0 Å². The molecule has 1 aromatic carbocycles. The topological polar surface area (TPSA) is 46.2 Å².